The van der Waals surface area contributed by atoms with E-state index in [0.29, 0.717) is 338 Å². The van der Waals surface area contributed by atoms with Crippen LogP contribution in [0.15, 0.2) is 111 Å². The summed E-state index contributed by atoms with van der Waals surface area (Å²) < 4.78 is 128. The van der Waals surface area contributed by atoms with E-state index in [9.17, 15) is 58.2 Å². The number of nitrogens with one attached hydrogen (secondary N) is 5. The fourth-order valence-electron chi connectivity index (χ4n) is 14.2. The van der Waals surface area contributed by atoms with Crippen molar-refractivity contribution in [1.82, 2.24) is 26.6 Å². The van der Waals surface area contributed by atoms with E-state index in [4.69, 9.17) is 114 Å². The van der Waals surface area contributed by atoms with Gasteiger partial charge in [-0.15, -0.1) is 0 Å². The Hall–Kier alpha value is -9.66. The number of aliphatic imine (C=N–C) groups is 1. The molecule has 826 valence electrons. The molecular weight excluding hydrogens is 1950 g/mol. The molecule has 148 heavy (non-hydrogen) atoms. The number of carbonyl (C=O) groups is 9. The zero-order valence-corrected chi connectivity index (χ0v) is 86.3. The molecule has 1 heterocycles. The summed E-state index contributed by atoms with van der Waals surface area (Å²) in [7, 11) is 0. The third kappa shape index (κ3) is 62.8. The van der Waals surface area contributed by atoms with Gasteiger partial charge in [0.1, 0.15) is 40.5 Å². The number of ketones is 3. The average molecular weight is 2110 g/mol. The summed E-state index contributed by atoms with van der Waals surface area (Å²) in [5, 5.41) is 39.6. The van der Waals surface area contributed by atoms with Crippen LogP contribution < -0.4 is 37.7 Å². The number of aromatic hydroxyl groups is 1. The van der Waals surface area contributed by atoms with Gasteiger partial charge >= 0.3 is 5.97 Å². The van der Waals surface area contributed by atoms with Gasteiger partial charge in [0, 0.05) is 111 Å². The van der Waals surface area contributed by atoms with Gasteiger partial charge in [-0.2, -0.15) is 0 Å². The van der Waals surface area contributed by atoms with Crippen LogP contribution in [0.25, 0.3) is 44.2 Å². The Morgan fingerprint density at radius 2 is 0.838 bits per heavy atom. The molecule has 6 rings (SSSR count). The lowest BCUT2D eigenvalue weighted by atomic mass is 9.90. The molecule has 0 radical (unpaired) electrons. The molecule has 5 amide bonds. The number of nitrogens with zero attached hydrogens (tertiary/aromatic N) is 1. The second-order valence-corrected chi connectivity index (χ2v) is 33.6. The number of aromatic carboxylic acids is 1. The summed E-state index contributed by atoms with van der Waals surface area (Å²) in [6.45, 7) is 18.2. The largest absolute Gasteiger partial charge is 0.508 e. The number of carboxylic acids is 1. The molecule has 4 aromatic rings. The third-order valence-corrected chi connectivity index (χ3v) is 22.0. The molecule has 2 aliphatic rings. The Labute approximate surface area is 871 Å². The van der Waals surface area contributed by atoms with Gasteiger partial charge < -0.3 is 151 Å². The minimum Gasteiger partial charge on any atom is -0.508 e. The van der Waals surface area contributed by atoms with Crippen molar-refractivity contribution in [2.45, 2.75) is 95.9 Å². The van der Waals surface area contributed by atoms with Crippen LogP contribution in [0.3, 0.4) is 0 Å². The number of rotatable bonds is 101. The molecule has 0 spiro atoms. The standard InChI is InChI=1S/C105H155N7O35S/c106-102(120)96(112-100(119)24-34-129-39-43-131-37-29-111-104(122)86-15-18-92(95(77-86)105(123)124)101-93-19-16-88(114)78-97(93)147-98-79-89(115)17-20-94(98)101)12-4-5-25-107-80-90(116)22-32-127-41-48-135-55-60-141-64-68-145-71-70-143-66-62-139-58-52-133-46-38-125-30-7-11-87(113)21-31-126-40-47-134-54-59-140-63-67-144-72-73-146-69-65-142-61-57-138-51-45-132-36-28-110-103(121)85(76-91(117)75-82-13-14-83-8-1-2-9-84(83)74-82)10-3-6-26-109-99(118)23-33-128-42-49-136-53-56-137-50-44-130-35-27-108-81-148/h1-2,8-9,13-20,74,77-79,85,96,107,114H,3-7,10-12,21-73,75-76,80H2,(H2,106,120)(H,109,118)(H,110,121)(H,111,122)(H,112,119)(H,123,124). The summed E-state index contributed by atoms with van der Waals surface area (Å²) in [4.78, 5) is 130. The average Bonchev–Trinajstić information content (AvgIpc) is 0.745. The first-order valence-electron chi connectivity index (χ1n) is 51.0. The fraction of sp³-hybridized carbons (Fsp3) is 0.629. The first-order chi connectivity index (χ1) is 72.5. The topological polar surface area (TPSA) is 526 Å². The van der Waals surface area contributed by atoms with Gasteiger partial charge in [0.15, 0.2) is 5.43 Å². The van der Waals surface area contributed by atoms with Gasteiger partial charge in [0.05, 0.1) is 308 Å². The van der Waals surface area contributed by atoms with Crippen molar-refractivity contribution in [1.29, 1.82) is 0 Å². The van der Waals surface area contributed by atoms with Crippen LogP contribution in [-0.2, 0) is 144 Å². The van der Waals surface area contributed by atoms with E-state index in [-0.39, 0.29) is 166 Å². The smallest absolute Gasteiger partial charge is 0.336 e. The molecule has 2 unspecified atom stereocenters. The van der Waals surface area contributed by atoms with Crippen LogP contribution in [0, 0.1) is 5.92 Å². The molecule has 43 heteroatoms. The number of benzene rings is 5. The number of Topliss-reactive ketones (excluding diaryl/α,β-unsaturated/α-hetero) is 3. The normalized spacial score (nSPS) is 11.9. The summed E-state index contributed by atoms with van der Waals surface area (Å²) in [6.07, 6.45) is 5.41. The van der Waals surface area contributed by atoms with Crippen molar-refractivity contribution in [2.24, 2.45) is 16.6 Å². The van der Waals surface area contributed by atoms with E-state index in [2.05, 4.69) is 49.0 Å². The van der Waals surface area contributed by atoms with E-state index in [1.165, 1.54) is 48.5 Å². The van der Waals surface area contributed by atoms with Crippen LogP contribution in [0.1, 0.15) is 110 Å². The Morgan fingerprint density at radius 3 is 1.34 bits per heavy atom. The van der Waals surface area contributed by atoms with Gasteiger partial charge in [-0.1, -0.05) is 55.0 Å². The highest BCUT2D eigenvalue weighted by atomic mass is 32.1. The van der Waals surface area contributed by atoms with Crippen molar-refractivity contribution in [3.63, 3.8) is 0 Å². The van der Waals surface area contributed by atoms with E-state index in [1.807, 2.05) is 42.5 Å². The van der Waals surface area contributed by atoms with Crippen LogP contribution in [0.2, 0.25) is 0 Å². The number of phenolic OH excluding ortho intramolecular Hbond substituents is 1. The van der Waals surface area contributed by atoms with E-state index in [0.717, 1.165) is 16.3 Å². The van der Waals surface area contributed by atoms with Crippen LogP contribution in [0.4, 0.5) is 0 Å². The molecule has 42 nitrogen and oxygen atoms in total. The molecule has 9 N–H and O–H groups in total. The maximum atomic E-state index is 13.5. The molecule has 1 aliphatic carbocycles. The van der Waals surface area contributed by atoms with Crippen LogP contribution in [0.5, 0.6) is 5.75 Å². The van der Waals surface area contributed by atoms with E-state index >= 15 is 0 Å². The maximum absolute atomic E-state index is 13.5. The lowest BCUT2D eigenvalue weighted by molar-refractivity contribution is -0.129. The molecule has 0 bridgehead atoms. The van der Waals surface area contributed by atoms with Crippen LogP contribution >= 0.6 is 12.2 Å². The van der Waals surface area contributed by atoms with Gasteiger partial charge in [-0.25, -0.2) is 9.79 Å². The zero-order chi connectivity index (χ0) is 106. The highest BCUT2D eigenvalue weighted by molar-refractivity contribution is 7.78. The van der Waals surface area contributed by atoms with Crippen molar-refractivity contribution in [2.75, 3.05) is 330 Å². The lowest BCUT2D eigenvalue weighted by Crippen LogP contribution is -2.44. The van der Waals surface area contributed by atoms with E-state index in [1.54, 1.807) is 6.07 Å². The first kappa shape index (κ1) is 127. The van der Waals surface area contributed by atoms with Gasteiger partial charge in [-0.05, 0) is 116 Å². The molecule has 0 fully saturated rings. The number of phenols is 1. The number of hydrogen-bond acceptors (Lipinski definition) is 37. The number of carbonyl (C=O) groups excluding carboxylic acids is 8. The van der Waals surface area contributed by atoms with Crippen molar-refractivity contribution in [3.05, 3.63) is 124 Å². The number of fused-ring (bicyclic) bond motifs is 3. The molecule has 2 atom stereocenters. The summed E-state index contributed by atoms with van der Waals surface area (Å²) in [5.41, 5.74) is 7.48. The summed E-state index contributed by atoms with van der Waals surface area (Å²) in [6, 6.07) is 25.9. The Kier molecular flexibility index (Phi) is 73.8. The number of hydrogen-bond donors (Lipinski definition) is 8. The molecule has 4 aromatic carbocycles. The molecule has 0 saturated carbocycles. The summed E-state index contributed by atoms with van der Waals surface area (Å²) >= 11 is 4.51. The SMILES string of the molecule is NC(=O)C(CCCCNCC(=O)CCOCCOCCOCCOCCOCCOCCOCCOCCCC(=O)CCOCCOCCOCCOCCOCCOCCOCCOCCNC(=O)C(CCCCNC(=O)CCOCCOCCOCCOCCN=C=S)CC(=O)Cc1ccc2ccccc2c1)NC(=O)CCOCCOCCNC(=O)c1ccc(-c2c3ccc(=O)cc-3oc3cc(O)ccc23)c(C(=O)O)c1. The first-order valence-corrected chi connectivity index (χ1v) is 51.4. The molecule has 1 aliphatic heterocycles. The second kappa shape index (κ2) is 86.0. The zero-order valence-electron chi connectivity index (χ0n) is 85.4. The Bertz CT molecular complexity index is 4710. The number of primary amides is 1. The lowest BCUT2D eigenvalue weighted by Gasteiger charge is -2.17. The van der Waals surface area contributed by atoms with Crippen molar-refractivity contribution in [3.8, 4) is 28.2 Å². The van der Waals surface area contributed by atoms with Crippen molar-refractivity contribution >= 4 is 92.0 Å². The number of ether oxygens (including phenoxy) is 22. The maximum Gasteiger partial charge on any atom is 0.336 e. The predicted molar refractivity (Wildman–Crippen MR) is 550 cm³/mol. The van der Waals surface area contributed by atoms with Gasteiger partial charge in [-0.3, -0.25) is 43.2 Å². The number of amides is 5. The summed E-state index contributed by atoms with van der Waals surface area (Å²) in [5.74, 6) is -3.58. The number of carboxylic acid groups (broad SMARTS) is 1. The fourth-order valence-corrected chi connectivity index (χ4v) is 14.3. The van der Waals surface area contributed by atoms with E-state index < -0.39 is 35.7 Å². The molecular formula is C105H155N7O35S. The number of nitrogens with two attached hydrogens (primary N) is 1. The quantitative estimate of drug-likeness (QED) is 0.00847. The number of thiocarbonyl (C=S) groups is 1. The second-order valence-electron chi connectivity index (χ2n) is 33.4. The number of unbranched alkanes of at least 4 members (excludes halogenated alkanes) is 2. The molecule has 0 aromatic heterocycles. The molecule has 0 saturated heterocycles. The van der Waals surface area contributed by atoms with Crippen molar-refractivity contribution < 1.29 is 162 Å². The minimum atomic E-state index is -1.29. The Morgan fingerprint density at radius 1 is 0.392 bits per heavy atom. The number of isothiocyanates is 1. The minimum absolute atomic E-state index is 0.0150. The third-order valence-electron chi connectivity index (χ3n) is 21.8. The highest BCUT2D eigenvalue weighted by Crippen LogP contribution is 2.42. The monoisotopic (exact) mass is 2110 g/mol. The predicted octanol–water partition coefficient (Wildman–Crippen LogP) is 6.75. The Balaban J connectivity index is 0.585. The van der Waals surface area contributed by atoms with Gasteiger partial charge in [0.2, 0.25) is 23.6 Å². The highest BCUT2D eigenvalue weighted by Gasteiger charge is 2.26. The van der Waals surface area contributed by atoms with Crippen LogP contribution in [-0.4, -0.2) is 404 Å². The van der Waals surface area contributed by atoms with Gasteiger partial charge in [0.25, 0.3) is 5.91 Å².